The molecular formula is C16H24. The van der Waals surface area contributed by atoms with E-state index in [-0.39, 0.29) is 0 Å². The lowest BCUT2D eigenvalue weighted by molar-refractivity contribution is 0.581. The predicted octanol–water partition coefficient (Wildman–Crippen LogP) is 4.93. The third-order valence-corrected chi connectivity index (χ3v) is 3.84. The largest absolute Gasteiger partial charge is 0.0628 e. The van der Waals surface area contributed by atoms with Crippen molar-refractivity contribution in [1.82, 2.24) is 0 Å². The number of benzene rings is 1. The van der Waals surface area contributed by atoms with Gasteiger partial charge in [0.15, 0.2) is 0 Å². The van der Waals surface area contributed by atoms with E-state index < -0.39 is 0 Å². The molecule has 1 aromatic carbocycles. The molecule has 1 saturated carbocycles. The van der Waals surface area contributed by atoms with Crippen LogP contribution in [0.5, 0.6) is 0 Å². The SMILES string of the molecule is CC(C)CCc1ccccc1C1CCCC1. The molecule has 0 spiro atoms. The van der Waals surface area contributed by atoms with Crippen molar-refractivity contribution in [1.29, 1.82) is 0 Å². The van der Waals surface area contributed by atoms with Gasteiger partial charge in [0, 0.05) is 0 Å². The van der Waals surface area contributed by atoms with Crippen LogP contribution < -0.4 is 0 Å². The van der Waals surface area contributed by atoms with Crippen LogP contribution in [0.3, 0.4) is 0 Å². The fourth-order valence-electron chi connectivity index (χ4n) is 2.84. The zero-order valence-electron chi connectivity index (χ0n) is 10.7. The van der Waals surface area contributed by atoms with Crippen LogP contribution in [0.25, 0.3) is 0 Å². The van der Waals surface area contributed by atoms with Gasteiger partial charge in [-0.2, -0.15) is 0 Å². The molecule has 0 unspecified atom stereocenters. The van der Waals surface area contributed by atoms with Crippen molar-refractivity contribution in [2.24, 2.45) is 5.92 Å². The van der Waals surface area contributed by atoms with E-state index in [0.717, 1.165) is 11.8 Å². The zero-order valence-corrected chi connectivity index (χ0v) is 10.7. The monoisotopic (exact) mass is 216 g/mol. The molecule has 1 aliphatic rings. The molecule has 0 aromatic heterocycles. The minimum Gasteiger partial charge on any atom is -0.0628 e. The number of rotatable bonds is 4. The van der Waals surface area contributed by atoms with Crippen molar-refractivity contribution in [3.63, 3.8) is 0 Å². The molecule has 0 heterocycles. The molecule has 0 nitrogen and oxygen atoms in total. The summed E-state index contributed by atoms with van der Waals surface area (Å²) in [5, 5.41) is 0. The summed E-state index contributed by atoms with van der Waals surface area (Å²) in [5.74, 6) is 1.68. The third-order valence-electron chi connectivity index (χ3n) is 3.84. The maximum atomic E-state index is 2.37. The summed E-state index contributed by atoms with van der Waals surface area (Å²) in [4.78, 5) is 0. The average Bonchev–Trinajstić information content (AvgIpc) is 2.80. The Kier molecular flexibility index (Phi) is 4.04. The van der Waals surface area contributed by atoms with Crippen LogP contribution in [0, 0.1) is 5.92 Å². The van der Waals surface area contributed by atoms with E-state index >= 15 is 0 Å². The quantitative estimate of drug-likeness (QED) is 0.669. The maximum Gasteiger partial charge on any atom is -0.0159 e. The molecule has 0 radical (unpaired) electrons. The highest BCUT2D eigenvalue weighted by atomic mass is 14.2. The van der Waals surface area contributed by atoms with Gasteiger partial charge in [-0.3, -0.25) is 0 Å². The topological polar surface area (TPSA) is 0 Å². The second-order valence-electron chi connectivity index (χ2n) is 5.61. The molecule has 0 heteroatoms. The second-order valence-corrected chi connectivity index (χ2v) is 5.61. The van der Waals surface area contributed by atoms with Gasteiger partial charge < -0.3 is 0 Å². The average molecular weight is 216 g/mol. The molecule has 88 valence electrons. The lowest BCUT2D eigenvalue weighted by Crippen LogP contribution is -2.00. The lowest BCUT2D eigenvalue weighted by Gasteiger charge is -2.16. The fourth-order valence-corrected chi connectivity index (χ4v) is 2.84. The Hall–Kier alpha value is -0.780. The summed E-state index contributed by atoms with van der Waals surface area (Å²) in [6.07, 6.45) is 8.29. The molecule has 0 atom stereocenters. The molecular weight excluding hydrogens is 192 g/mol. The second kappa shape index (κ2) is 5.52. The van der Waals surface area contributed by atoms with E-state index in [1.54, 1.807) is 11.1 Å². The Bertz CT molecular complexity index is 319. The first-order chi connectivity index (χ1) is 7.77. The highest BCUT2D eigenvalue weighted by Crippen LogP contribution is 2.36. The van der Waals surface area contributed by atoms with Gasteiger partial charge >= 0.3 is 0 Å². The fraction of sp³-hybridized carbons (Fsp3) is 0.625. The van der Waals surface area contributed by atoms with Crippen LogP contribution in [0.1, 0.15) is 63.0 Å². The lowest BCUT2D eigenvalue weighted by atomic mass is 9.90. The Morgan fingerprint density at radius 1 is 1.12 bits per heavy atom. The van der Waals surface area contributed by atoms with Crippen LogP contribution in [0.4, 0.5) is 0 Å². The molecule has 1 fully saturated rings. The number of hydrogen-bond donors (Lipinski definition) is 0. The van der Waals surface area contributed by atoms with Gasteiger partial charge in [0.2, 0.25) is 0 Å². The third kappa shape index (κ3) is 2.87. The molecule has 0 amide bonds. The minimum absolute atomic E-state index is 0.816. The Balaban J connectivity index is 2.10. The summed E-state index contributed by atoms with van der Waals surface area (Å²) in [5.41, 5.74) is 3.27. The van der Waals surface area contributed by atoms with Crippen LogP contribution in [0.15, 0.2) is 24.3 Å². The van der Waals surface area contributed by atoms with Gasteiger partial charge in [0.05, 0.1) is 0 Å². The molecule has 16 heavy (non-hydrogen) atoms. The van der Waals surface area contributed by atoms with Crippen molar-refractivity contribution in [3.05, 3.63) is 35.4 Å². The Morgan fingerprint density at radius 3 is 2.50 bits per heavy atom. The molecule has 0 aliphatic heterocycles. The van der Waals surface area contributed by atoms with E-state index in [9.17, 15) is 0 Å². The van der Waals surface area contributed by atoms with Crippen LogP contribution in [0.2, 0.25) is 0 Å². The van der Waals surface area contributed by atoms with Crippen molar-refractivity contribution in [2.75, 3.05) is 0 Å². The first-order valence-electron chi connectivity index (χ1n) is 6.85. The number of aryl methyl sites for hydroxylation is 1. The molecule has 0 saturated heterocycles. The standard InChI is InChI=1S/C16H24/c1-13(2)11-12-15-9-5-6-10-16(15)14-7-3-4-8-14/h5-6,9-10,13-14H,3-4,7-8,11-12H2,1-2H3. The van der Waals surface area contributed by atoms with Crippen molar-refractivity contribution < 1.29 is 0 Å². The summed E-state index contributed by atoms with van der Waals surface area (Å²) in [6.45, 7) is 4.64. The molecule has 0 N–H and O–H groups in total. The van der Waals surface area contributed by atoms with Crippen molar-refractivity contribution in [2.45, 2.75) is 58.3 Å². The van der Waals surface area contributed by atoms with Gasteiger partial charge in [-0.25, -0.2) is 0 Å². The normalized spacial score (nSPS) is 17.2. The van der Waals surface area contributed by atoms with Crippen LogP contribution in [-0.2, 0) is 6.42 Å². The maximum absolute atomic E-state index is 2.37. The molecule has 1 aromatic rings. The van der Waals surface area contributed by atoms with Gasteiger partial charge in [-0.1, -0.05) is 51.0 Å². The smallest absolute Gasteiger partial charge is 0.0159 e. The molecule has 0 bridgehead atoms. The summed E-state index contributed by atoms with van der Waals surface area (Å²) in [7, 11) is 0. The highest BCUT2D eigenvalue weighted by molar-refractivity contribution is 5.31. The Labute approximate surface area is 100 Å². The first kappa shape index (κ1) is 11.7. The Morgan fingerprint density at radius 2 is 1.81 bits per heavy atom. The van der Waals surface area contributed by atoms with Gasteiger partial charge in [0.1, 0.15) is 0 Å². The van der Waals surface area contributed by atoms with E-state index in [0.29, 0.717) is 0 Å². The first-order valence-corrected chi connectivity index (χ1v) is 6.85. The molecule has 1 aliphatic carbocycles. The van der Waals surface area contributed by atoms with Gasteiger partial charge in [-0.05, 0) is 48.6 Å². The van der Waals surface area contributed by atoms with Gasteiger partial charge in [0.25, 0.3) is 0 Å². The number of hydrogen-bond acceptors (Lipinski definition) is 0. The van der Waals surface area contributed by atoms with E-state index in [1.165, 1.54) is 38.5 Å². The van der Waals surface area contributed by atoms with Crippen LogP contribution in [-0.4, -0.2) is 0 Å². The molecule has 2 rings (SSSR count). The van der Waals surface area contributed by atoms with Crippen LogP contribution >= 0.6 is 0 Å². The van der Waals surface area contributed by atoms with Gasteiger partial charge in [-0.15, -0.1) is 0 Å². The highest BCUT2D eigenvalue weighted by Gasteiger charge is 2.19. The predicted molar refractivity (Wildman–Crippen MR) is 70.8 cm³/mol. The van der Waals surface area contributed by atoms with E-state index in [4.69, 9.17) is 0 Å². The summed E-state index contributed by atoms with van der Waals surface area (Å²) < 4.78 is 0. The van der Waals surface area contributed by atoms with E-state index in [2.05, 4.69) is 38.1 Å². The zero-order chi connectivity index (χ0) is 11.4. The van der Waals surface area contributed by atoms with Crippen molar-refractivity contribution in [3.8, 4) is 0 Å². The minimum atomic E-state index is 0.816. The summed E-state index contributed by atoms with van der Waals surface area (Å²) in [6, 6.07) is 9.13. The van der Waals surface area contributed by atoms with Crippen molar-refractivity contribution >= 4 is 0 Å². The van der Waals surface area contributed by atoms with E-state index in [1.807, 2.05) is 0 Å². The summed E-state index contributed by atoms with van der Waals surface area (Å²) >= 11 is 0.